The summed E-state index contributed by atoms with van der Waals surface area (Å²) in [5, 5.41) is 26.6. The van der Waals surface area contributed by atoms with Crippen LogP contribution in [0.4, 0.5) is 0 Å². The van der Waals surface area contributed by atoms with Crippen molar-refractivity contribution in [2.24, 2.45) is 11.8 Å². The summed E-state index contributed by atoms with van der Waals surface area (Å²) >= 11 is 0. The van der Waals surface area contributed by atoms with Crippen LogP contribution in [0, 0.1) is 11.8 Å². The molecule has 6 aliphatic carbocycles. The first kappa shape index (κ1) is 38.2. The fraction of sp³-hybridized carbons (Fsp3) is 0.500. The molecule has 4 bridgehead atoms. The Morgan fingerprint density at radius 2 is 1.20 bits per heavy atom. The van der Waals surface area contributed by atoms with Crippen LogP contribution in [0.25, 0.3) is 10.8 Å². The van der Waals surface area contributed by atoms with Gasteiger partial charge in [0, 0.05) is 55.2 Å². The van der Waals surface area contributed by atoms with E-state index in [-0.39, 0.29) is 42.2 Å². The van der Waals surface area contributed by atoms with Crippen LogP contribution in [-0.2, 0) is 33.3 Å². The van der Waals surface area contributed by atoms with Crippen LogP contribution in [0.5, 0.6) is 23.0 Å². The summed E-state index contributed by atoms with van der Waals surface area (Å²) in [5.74, 6) is 1.69. The van der Waals surface area contributed by atoms with Crippen molar-refractivity contribution in [2.75, 3.05) is 26.2 Å². The molecule has 2 N–H and O–H groups in total. The van der Waals surface area contributed by atoms with Gasteiger partial charge >= 0.3 is 11.9 Å². The van der Waals surface area contributed by atoms with Crippen molar-refractivity contribution in [3.05, 3.63) is 94.0 Å². The molecule has 64 heavy (non-hydrogen) atoms. The lowest BCUT2D eigenvalue weighted by Crippen LogP contribution is -2.76. The van der Waals surface area contributed by atoms with Crippen molar-refractivity contribution in [3.8, 4) is 23.0 Å². The Kier molecular flexibility index (Phi) is 7.64. The minimum Gasteiger partial charge on any atom is -0.481 e. The van der Waals surface area contributed by atoms with Gasteiger partial charge in [-0.2, -0.15) is 0 Å². The highest BCUT2D eigenvalue weighted by Gasteiger charge is 2.74. The van der Waals surface area contributed by atoms with E-state index in [1.165, 1.54) is 25.7 Å². The Bertz CT molecular complexity index is 2820. The number of ketones is 2. The van der Waals surface area contributed by atoms with Gasteiger partial charge in [0.05, 0.1) is 33.2 Å². The molecular formula is C52H50N2O10. The standard InChI is InChI=1S/C52H50N2O10/c55-36-11-13-51(59)41-23-34-21-35(24-39-42(34)49(51,45(36)62-39)15-17-54(41)26-28-3-4-28)61-47(57)32-7-5-30-20-33(8-6-29(30)19-32)48(58)63-38-10-9-31-22-40-52(60)14-12-37(56)46-50(52,43(31)44(38)64-46)16-18-53(40)25-27-1-2-27/h5-10,19-21,24,27-28,40-41,45-46,59-60H,1-4,11-18,22-23,25-26H2/t40-,41-,45+,46+,49+,50+,51-,52-/m1/s1. The molecular weight excluding hydrogens is 813 g/mol. The molecule has 12 heteroatoms. The van der Waals surface area contributed by atoms with Crippen LogP contribution in [0.2, 0.25) is 0 Å². The lowest BCUT2D eigenvalue weighted by Gasteiger charge is -2.62. The van der Waals surface area contributed by atoms with Crippen LogP contribution in [0.15, 0.2) is 60.7 Å². The zero-order valence-corrected chi connectivity index (χ0v) is 35.6. The summed E-state index contributed by atoms with van der Waals surface area (Å²) in [4.78, 5) is 59.5. The molecule has 0 aromatic heterocycles. The van der Waals surface area contributed by atoms with Crippen molar-refractivity contribution in [1.29, 1.82) is 0 Å². The number of ether oxygens (including phenoxy) is 4. The number of piperidine rings is 2. The lowest BCUT2D eigenvalue weighted by atomic mass is 9.49. The average Bonchev–Trinajstić information content (AvgIpc) is 4.22. The molecule has 0 radical (unpaired) electrons. The Morgan fingerprint density at radius 1 is 0.641 bits per heavy atom. The number of benzene rings is 4. The Labute approximate surface area is 369 Å². The summed E-state index contributed by atoms with van der Waals surface area (Å²) in [7, 11) is 0. The molecule has 14 rings (SSSR count). The van der Waals surface area contributed by atoms with Crippen molar-refractivity contribution >= 4 is 34.3 Å². The predicted octanol–water partition coefficient (Wildman–Crippen LogP) is 5.54. The monoisotopic (exact) mass is 862 g/mol. The van der Waals surface area contributed by atoms with Crippen LogP contribution in [0.3, 0.4) is 0 Å². The second-order valence-electron chi connectivity index (χ2n) is 21.0. The normalized spacial score (nSPS) is 35.0. The number of nitrogens with zero attached hydrogens (tertiary/aromatic N) is 2. The van der Waals surface area contributed by atoms with E-state index in [1.807, 2.05) is 12.1 Å². The summed E-state index contributed by atoms with van der Waals surface area (Å²) in [6.45, 7) is 3.53. The SMILES string of the molecule is O=C(Oc1cc2c3c(c1)O[C@H]1C(=O)CC[C@@]4(O)[C@@H](C2)N(CC2CC2)CC[C@]314)c1ccc2cc(C(=O)Oc3ccc4c5c3O[C@H]3C(=O)CC[C@@]6(O)[C@@H](C4)N(CC4CC4)CC[C@]536)ccc2c1. The van der Waals surface area contributed by atoms with Gasteiger partial charge in [0.25, 0.3) is 0 Å². The van der Waals surface area contributed by atoms with Crippen LogP contribution < -0.4 is 18.9 Å². The van der Waals surface area contributed by atoms with E-state index < -0.39 is 46.2 Å². The zero-order chi connectivity index (χ0) is 43.1. The Morgan fingerprint density at radius 3 is 1.81 bits per heavy atom. The highest BCUT2D eigenvalue weighted by molar-refractivity contribution is 6.00. The van der Waals surface area contributed by atoms with E-state index in [4.69, 9.17) is 18.9 Å². The highest BCUT2D eigenvalue weighted by atomic mass is 16.6. The minimum absolute atomic E-state index is 0.0139. The van der Waals surface area contributed by atoms with Crippen LogP contribution in [-0.4, -0.2) is 105 Å². The molecule has 4 heterocycles. The van der Waals surface area contributed by atoms with E-state index >= 15 is 0 Å². The maximum Gasteiger partial charge on any atom is 0.343 e. The number of hydrogen-bond acceptors (Lipinski definition) is 12. The number of Topliss-reactive ketones (excluding diaryl/α,β-unsaturated/α-hetero) is 2. The maximum atomic E-state index is 13.9. The van der Waals surface area contributed by atoms with Gasteiger partial charge in [-0.3, -0.25) is 19.4 Å². The van der Waals surface area contributed by atoms with Gasteiger partial charge in [-0.15, -0.1) is 0 Å². The van der Waals surface area contributed by atoms with Crippen molar-refractivity contribution in [3.63, 3.8) is 0 Å². The summed E-state index contributed by atoms with van der Waals surface area (Å²) in [5.41, 5.74) is 0.558. The van der Waals surface area contributed by atoms with Crippen molar-refractivity contribution < 1.29 is 48.3 Å². The number of aliphatic hydroxyl groups is 2. The zero-order valence-electron chi connectivity index (χ0n) is 35.6. The topological polar surface area (TPSA) is 152 Å². The molecule has 6 fully saturated rings. The number of carbonyl (C=O) groups excluding carboxylic acids is 4. The quantitative estimate of drug-likeness (QED) is 0.169. The third kappa shape index (κ3) is 4.92. The third-order valence-electron chi connectivity index (χ3n) is 17.8. The van der Waals surface area contributed by atoms with Gasteiger partial charge in [0.15, 0.2) is 35.3 Å². The molecule has 0 unspecified atom stereocenters. The van der Waals surface area contributed by atoms with E-state index in [1.54, 1.807) is 48.5 Å². The van der Waals surface area contributed by atoms with Crippen LogP contribution in [0.1, 0.15) is 107 Å². The highest BCUT2D eigenvalue weighted by Crippen LogP contribution is 2.66. The summed E-state index contributed by atoms with van der Waals surface area (Å²) in [6.07, 6.45) is 7.20. The molecule has 0 amide bonds. The Balaban J connectivity index is 0.722. The van der Waals surface area contributed by atoms with E-state index in [0.717, 1.165) is 59.2 Å². The van der Waals surface area contributed by atoms with Crippen LogP contribution >= 0.6 is 0 Å². The van der Waals surface area contributed by atoms with E-state index in [2.05, 4.69) is 9.80 Å². The second-order valence-corrected chi connectivity index (χ2v) is 21.0. The molecule has 4 saturated carbocycles. The molecule has 4 aromatic carbocycles. The summed E-state index contributed by atoms with van der Waals surface area (Å²) < 4.78 is 25.1. The van der Waals surface area contributed by atoms with Gasteiger partial charge in [-0.25, -0.2) is 9.59 Å². The molecule has 2 spiro atoms. The smallest absolute Gasteiger partial charge is 0.343 e. The molecule has 10 aliphatic rings. The maximum absolute atomic E-state index is 13.9. The fourth-order valence-electron chi connectivity index (χ4n) is 14.5. The molecule has 12 nitrogen and oxygen atoms in total. The largest absolute Gasteiger partial charge is 0.481 e. The number of carbonyl (C=O) groups is 4. The number of fused-ring (bicyclic) bond motifs is 1. The first-order valence-corrected chi connectivity index (χ1v) is 23.6. The van der Waals surface area contributed by atoms with Crippen molar-refractivity contribution in [1.82, 2.24) is 9.80 Å². The molecule has 8 atom stereocenters. The van der Waals surface area contributed by atoms with Gasteiger partial charge in [0.2, 0.25) is 0 Å². The minimum atomic E-state index is -1.11. The molecule has 328 valence electrons. The van der Waals surface area contributed by atoms with Gasteiger partial charge < -0.3 is 29.2 Å². The molecule has 2 saturated heterocycles. The van der Waals surface area contributed by atoms with E-state index in [9.17, 15) is 29.4 Å². The number of esters is 2. The number of likely N-dealkylation sites (tertiary alicyclic amines) is 2. The van der Waals surface area contributed by atoms with Gasteiger partial charge in [-0.05, 0) is 147 Å². The van der Waals surface area contributed by atoms with Gasteiger partial charge in [-0.1, -0.05) is 18.2 Å². The second kappa shape index (κ2) is 12.8. The number of hydrogen-bond donors (Lipinski definition) is 2. The third-order valence-corrected chi connectivity index (χ3v) is 17.8. The molecule has 4 aromatic rings. The fourth-order valence-corrected chi connectivity index (χ4v) is 14.5. The first-order valence-electron chi connectivity index (χ1n) is 23.6. The average molecular weight is 863 g/mol. The molecule has 4 aliphatic heterocycles. The first-order chi connectivity index (χ1) is 31.0. The van der Waals surface area contributed by atoms with E-state index in [0.29, 0.717) is 78.7 Å². The van der Waals surface area contributed by atoms with Gasteiger partial charge in [0.1, 0.15) is 11.5 Å². The summed E-state index contributed by atoms with van der Waals surface area (Å²) in [6, 6.07) is 17.4. The number of rotatable bonds is 8. The Hall–Kier alpha value is -5.14. The van der Waals surface area contributed by atoms with Crippen molar-refractivity contribution in [2.45, 2.75) is 123 Å². The lowest BCUT2D eigenvalue weighted by molar-refractivity contribution is -0.188. The predicted molar refractivity (Wildman–Crippen MR) is 230 cm³/mol.